The Hall–Kier alpha value is -2.83. The number of ketones is 1. The molecule has 0 unspecified atom stereocenters. The Kier molecular flexibility index (Phi) is 3.93. The predicted octanol–water partition coefficient (Wildman–Crippen LogP) is 0.985. The van der Waals surface area contributed by atoms with Gasteiger partial charge >= 0.3 is 17.8 Å². The van der Waals surface area contributed by atoms with Gasteiger partial charge in [-0.3, -0.25) is 19.3 Å². The van der Waals surface area contributed by atoms with Crippen molar-refractivity contribution in [3.05, 3.63) is 48.3 Å². The van der Waals surface area contributed by atoms with Crippen molar-refractivity contribution in [1.29, 1.82) is 0 Å². The Balaban J connectivity index is 2.15. The molecule has 1 heterocycles. The first-order valence-electron chi connectivity index (χ1n) is 6.02. The lowest BCUT2D eigenvalue weighted by atomic mass is 10.1. The normalized spacial score (nSPS) is 14.8. The average Bonchev–Trinajstić information content (AvgIpc) is 2.66. The largest absolute Gasteiger partial charge is 0.334 e. The molecule has 0 atom stereocenters. The molecule has 0 N–H and O–H groups in total. The summed E-state index contributed by atoms with van der Waals surface area (Å²) < 4.78 is 12.8. The Labute approximate surface area is 119 Å². The van der Waals surface area contributed by atoms with Gasteiger partial charge in [-0.2, -0.15) is 0 Å². The number of imide groups is 2. The van der Waals surface area contributed by atoms with Crippen molar-refractivity contribution in [2.45, 2.75) is 0 Å². The third-order valence-corrected chi connectivity index (χ3v) is 2.91. The summed E-state index contributed by atoms with van der Waals surface area (Å²) in [5.74, 6) is -3.12. The van der Waals surface area contributed by atoms with Crippen LogP contribution in [0.5, 0.6) is 0 Å². The molecule has 0 saturated carbocycles. The molecule has 1 saturated heterocycles. The molecule has 1 fully saturated rings. The van der Waals surface area contributed by atoms with Crippen molar-refractivity contribution < 1.29 is 23.6 Å². The summed E-state index contributed by atoms with van der Waals surface area (Å²) in [4.78, 5) is 48.4. The van der Waals surface area contributed by atoms with Gasteiger partial charge in [0.15, 0.2) is 5.78 Å². The molecule has 0 spiro atoms. The lowest BCUT2D eigenvalue weighted by Gasteiger charge is -2.13. The number of Topliss-reactive ketones (excluding diaryl/α,β-unsaturated/α-hetero) is 1. The molecule has 4 amide bonds. The van der Waals surface area contributed by atoms with Gasteiger partial charge in [0, 0.05) is 12.1 Å². The first-order chi connectivity index (χ1) is 9.95. The minimum Gasteiger partial charge on any atom is -0.292 e. The summed E-state index contributed by atoms with van der Waals surface area (Å²) >= 11 is 0. The number of carbonyl (C=O) groups excluding carboxylic acids is 4. The van der Waals surface area contributed by atoms with Crippen LogP contribution in [0.15, 0.2) is 36.9 Å². The summed E-state index contributed by atoms with van der Waals surface area (Å²) in [6, 6.07) is 3.81. The number of rotatable bonds is 5. The van der Waals surface area contributed by atoms with Gasteiger partial charge < -0.3 is 0 Å². The smallest absolute Gasteiger partial charge is 0.292 e. The number of carbonyl (C=O) groups is 4. The van der Waals surface area contributed by atoms with Gasteiger partial charge in [-0.05, 0) is 24.3 Å². The molecule has 1 aliphatic heterocycles. The van der Waals surface area contributed by atoms with Gasteiger partial charge in [-0.1, -0.05) is 6.08 Å². The van der Waals surface area contributed by atoms with Crippen molar-refractivity contribution in [3.8, 4) is 0 Å². The van der Waals surface area contributed by atoms with Crippen molar-refractivity contribution in [1.82, 2.24) is 9.80 Å². The fourth-order valence-electron chi connectivity index (χ4n) is 1.85. The van der Waals surface area contributed by atoms with E-state index in [2.05, 4.69) is 6.58 Å². The second-order valence-electron chi connectivity index (χ2n) is 4.31. The molecule has 2 rings (SSSR count). The van der Waals surface area contributed by atoms with E-state index in [0.29, 0.717) is 9.80 Å². The van der Waals surface area contributed by atoms with E-state index in [4.69, 9.17) is 0 Å². The Morgan fingerprint density at radius 3 is 2.24 bits per heavy atom. The van der Waals surface area contributed by atoms with Crippen LogP contribution in [-0.4, -0.2) is 46.5 Å². The summed E-state index contributed by atoms with van der Waals surface area (Å²) in [7, 11) is 0. The highest BCUT2D eigenvalue weighted by molar-refractivity contribution is 6.45. The highest BCUT2D eigenvalue weighted by Gasteiger charge is 2.44. The van der Waals surface area contributed by atoms with E-state index in [1.807, 2.05) is 0 Å². The number of amides is 4. The van der Waals surface area contributed by atoms with Crippen LogP contribution in [0.4, 0.5) is 9.18 Å². The molecule has 21 heavy (non-hydrogen) atoms. The highest BCUT2D eigenvalue weighted by atomic mass is 19.1. The van der Waals surface area contributed by atoms with E-state index in [9.17, 15) is 23.6 Å². The maximum Gasteiger partial charge on any atom is 0.334 e. The van der Waals surface area contributed by atoms with Crippen LogP contribution in [0.25, 0.3) is 0 Å². The topological polar surface area (TPSA) is 74.8 Å². The van der Waals surface area contributed by atoms with Crippen LogP contribution in [0, 0.1) is 5.82 Å². The van der Waals surface area contributed by atoms with Crippen molar-refractivity contribution >= 4 is 23.6 Å². The number of nitrogens with zero attached hydrogens (tertiary/aromatic N) is 2. The van der Waals surface area contributed by atoms with Gasteiger partial charge in [0.2, 0.25) is 0 Å². The molecule has 0 radical (unpaired) electrons. The summed E-state index contributed by atoms with van der Waals surface area (Å²) in [5.41, 5.74) is 0.145. The monoisotopic (exact) mass is 290 g/mol. The molecule has 6 nitrogen and oxygen atoms in total. The number of urea groups is 1. The van der Waals surface area contributed by atoms with Gasteiger partial charge in [0.05, 0.1) is 6.54 Å². The van der Waals surface area contributed by atoms with E-state index in [1.54, 1.807) is 0 Å². The first-order valence-corrected chi connectivity index (χ1v) is 6.02. The summed E-state index contributed by atoms with van der Waals surface area (Å²) in [6.45, 7) is 2.71. The average molecular weight is 290 g/mol. The molecule has 1 aromatic carbocycles. The second-order valence-corrected chi connectivity index (χ2v) is 4.31. The Morgan fingerprint density at radius 1 is 1.10 bits per heavy atom. The zero-order valence-corrected chi connectivity index (χ0v) is 10.9. The maximum absolute atomic E-state index is 12.8. The van der Waals surface area contributed by atoms with Gasteiger partial charge in [-0.25, -0.2) is 14.1 Å². The Morgan fingerprint density at radius 2 is 1.67 bits per heavy atom. The van der Waals surface area contributed by atoms with Gasteiger partial charge in [0.25, 0.3) is 0 Å². The van der Waals surface area contributed by atoms with Crippen LogP contribution < -0.4 is 0 Å². The van der Waals surface area contributed by atoms with Crippen molar-refractivity contribution in [2.24, 2.45) is 0 Å². The molecular formula is C14H11FN2O4. The number of hydrogen-bond acceptors (Lipinski definition) is 4. The lowest BCUT2D eigenvalue weighted by Crippen LogP contribution is -2.37. The van der Waals surface area contributed by atoms with E-state index < -0.39 is 36.0 Å². The van der Waals surface area contributed by atoms with Crippen LogP contribution in [0.3, 0.4) is 0 Å². The second kappa shape index (κ2) is 5.66. The van der Waals surface area contributed by atoms with Gasteiger partial charge in [-0.15, -0.1) is 6.58 Å². The molecule has 7 heteroatoms. The Bertz CT molecular complexity index is 639. The molecule has 0 aliphatic carbocycles. The van der Waals surface area contributed by atoms with E-state index in [0.717, 1.165) is 12.1 Å². The number of benzene rings is 1. The molecule has 1 aromatic rings. The third-order valence-electron chi connectivity index (χ3n) is 2.91. The first kappa shape index (κ1) is 14.6. The molecular weight excluding hydrogens is 279 g/mol. The maximum atomic E-state index is 12.8. The quantitative estimate of drug-likeness (QED) is 0.351. The lowest BCUT2D eigenvalue weighted by molar-refractivity contribution is -0.142. The molecule has 1 aliphatic rings. The molecule has 108 valence electrons. The van der Waals surface area contributed by atoms with E-state index in [1.165, 1.54) is 18.2 Å². The van der Waals surface area contributed by atoms with Crippen LogP contribution in [0.1, 0.15) is 10.4 Å². The molecule has 0 bridgehead atoms. The number of halogens is 1. The fraction of sp³-hybridized carbons (Fsp3) is 0.143. The minimum atomic E-state index is -1.06. The zero-order chi connectivity index (χ0) is 15.6. The minimum absolute atomic E-state index is 0.107. The standard InChI is InChI=1S/C14H11FN2O4/c1-2-7-16-12(19)13(20)17(14(16)21)8-11(18)9-3-5-10(15)6-4-9/h2-6H,1,7-8H2. The highest BCUT2D eigenvalue weighted by Crippen LogP contribution is 2.13. The zero-order valence-electron chi connectivity index (χ0n) is 10.9. The van der Waals surface area contributed by atoms with Gasteiger partial charge in [0.1, 0.15) is 5.82 Å². The summed E-state index contributed by atoms with van der Waals surface area (Å²) in [6.07, 6.45) is 1.30. The van der Waals surface area contributed by atoms with Crippen LogP contribution in [0.2, 0.25) is 0 Å². The summed E-state index contributed by atoms with van der Waals surface area (Å²) in [5, 5.41) is 0. The van der Waals surface area contributed by atoms with Crippen LogP contribution in [-0.2, 0) is 9.59 Å². The fourth-order valence-corrected chi connectivity index (χ4v) is 1.85. The van der Waals surface area contributed by atoms with Crippen molar-refractivity contribution in [3.63, 3.8) is 0 Å². The van der Waals surface area contributed by atoms with Crippen molar-refractivity contribution in [2.75, 3.05) is 13.1 Å². The van der Waals surface area contributed by atoms with Crippen LogP contribution >= 0.6 is 0 Å². The number of hydrogen-bond donors (Lipinski definition) is 0. The van der Waals surface area contributed by atoms with E-state index >= 15 is 0 Å². The third kappa shape index (κ3) is 2.71. The van der Waals surface area contributed by atoms with E-state index in [-0.39, 0.29) is 12.1 Å². The molecule has 0 aromatic heterocycles. The SMILES string of the molecule is C=CCN1C(=O)C(=O)N(CC(=O)c2ccc(F)cc2)C1=O. The predicted molar refractivity (Wildman–Crippen MR) is 69.7 cm³/mol.